The molecule has 2 aromatic rings. The number of benzene rings is 2. The molecule has 2 aromatic carbocycles. The molecular weight excluding hydrogens is 286 g/mol. The van der Waals surface area contributed by atoms with Crippen LogP contribution in [0.1, 0.15) is 16.7 Å². The Labute approximate surface area is 127 Å². The number of halogens is 1. The van der Waals surface area contributed by atoms with E-state index in [1.807, 2.05) is 24.3 Å². The zero-order chi connectivity index (χ0) is 14.8. The van der Waals surface area contributed by atoms with Crippen molar-refractivity contribution in [1.82, 2.24) is 0 Å². The van der Waals surface area contributed by atoms with Crippen LogP contribution in [0.3, 0.4) is 0 Å². The second kappa shape index (κ2) is 5.47. The maximum Gasteiger partial charge on any atom is 0.228 e. The molecule has 21 heavy (non-hydrogen) atoms. The van der Waals surface area contributed by atoms with E-state index in [1.54, 1.807) is 12.1 Å². The molecule has 0 spiro atoms. The number of rotatable bonds is 3. The molecule has 0 atom stereocenters. The fourth-order valence-electron chi connectivity index (χ4n) is 2.36. The third-order valence-electron chi connectivity index (χ3n) is 3.43. The summed E-state index contributed by atoms with van der Waals surface area (Å²) in [5.41, 5.74) is 4.01. The molecule has 0 bridgehead atoms. The van der Waals surface area contributed by atoms with Gasteiger partial charge in [-0.05, 0) is 29.3 Å². The Morgan fingerprint density at radius 3 is 2.95 bits per heavy atom. The highest BCUT2D eigenvalue weighted by Crippen LogP contribution is 2.33. The van der Waals surface area contributed by atoms with Crippen LogP contribution in [-0.4, -0.2) is 5.91 Å². The first-order chi connectivity index (χ1) is 10.2. The van der Waals surface area contributed by atoms with Crippen molar-refractivity contribution >= 4 is 28.9 Å². The Bertz CT molecular complexity index is 765. The van der Waals surface area contributed by atoms with Crippen molar-refractivity contribution in [3.8, 4) is 6.07 Å². The molecule has 3 rings (SSSR count). The van der Waals surface area contributed by atoms with Gasteiger partial charge in [0.15, 0.2) is 0 Å². The van der Waals surface area contributed by atoms with Crippen molar-refractivity contribution in [3.63, 3.8) is 0 Å². The van der Waals surface area contributed by atoms with Crippen molar-refractivity contribution in [2.24, 2.45) is 0 Å². The second-order valence-corrected chi connectivity index (χ2v) is 5.24. The zero-order valence-electron chi connectivity index (χ0n) is 11.1. The van der Waals surface area contributed by atoms with Crippen LogP contribution in [0.2, 0.25) is 5.02 Å². The highest BCUT2D eigenvalue weighted by atomic mass is 35.5. The number of hydrogen-bond donors (Lipinski definition) is 2. The van der Waals surface area contributed by atoms with Crippen LogP contribution < -0.4 is 10.6 Å². The highest BCUT2D eigenvalue weighted by Gasteiger charge is 2.19. The summed E-state index contributed by atoms with van der Waals surface area (Å²) in [5, 5.41) is 15.6. The summed E-state index contributed by atoms with van der Waals surface area (Å²) >= 11 is 6.22. The third kappa shape index (κ3) is 2.69. The number of nitriles is 1. The van der Waals surface area contributed by atoms with Gasteiger partial charge < -0.3 is 10.6 Å². The summed E-state index contributed by atoms with van der Waals surface area (Å²) in [5.74, 6) is -0.0203. The fourth-order valence-corrected chi connectivity index (χ4v) is 2.59. The van der Waals surface area contributed by atoms with Crippen molar-refractivity contribution in [2.45, 2.75) is 13.0 Å². The number of anilines is 2. The molecule has 0 saturated heterocycles. The monoisotopic (exact) mass is 297 g/mol. The first-order valence-corrected chi connectivity index (χ1v) is 6.89. The molecule has 0 fully saturated rings. The van der Waals surface area contributed by atoms with Gasteiger partial charge in [-0.3, -0.25) is 4.79 Å². The van der Waals surface area contributed by atoms with E-state index in [1.165, 1.54) is 0 Å². The minimum atomic E-state index is -0.0203. The lowest BCUT2D eigenvalue weighted by Gasteiger charge is -2.11. The molecule has 5 heteroatoms. The van der Waals surface area contributed by atoms with Gasteiger partial charge >= 0.3 is 0 Å². The minimum Gasteiger partial charge on any atom is -0.380 e. The zero-order valence-corrected chi connectivity index (χ0v) is 11.9. The third-order valence-corrected chi connectivity index (χ3v) is 3.74. The Morgan fingerprint density at radius 2 is 2.14 bits per heavy atom. The number of nitrogens with one attached hydrogen (secondary N) is 2. The lowest BCUT2D eigenvalue weighted by atomic mass is 10.1. The van der Waals surface area contributed by atoms with Crippen LogP contribution in [0.5, 0.6) is 0 Å². The van der Waals surface area contributed by atoms with Gasteiger partial charge in [0.05, 0.1) is 28.8 Å². The van der Waals surface area contributed by atoms with Crippen LogP contribution in [-0.2, 0) is 17.8 Å². The van der Waals surface area contributed by atoms with Gasteiger partial charge in [0.1, 0.15) is 0 Å². The van der Waals surface area contributed by atoms with Gasteiger partial charge in [-0.15, -0.1) is 0 Å². The van der Waals surface area contributed by atoms with Crippen LogP contribution in [0.15, 0.2) is 36.4 Å². The van der Waals surface area contributed by atoms with Gasteiger partial charge in [0.25, 0.3) is 0 Å². The summed E-state index contributed by atoms with van der Waals surface area (Å²) < 4.78 is 0. The summed E-state index contributed by atoms with van der Waals surface area (Å²) in [6.45, 7) is 0.504. The smallest absolute Gasteiger partial charge is 0.228 e. The van der Waals surface area contributed by atoms with E-state index in [0.29, 0.717) is 23.6 Å². The Balaban J connectivity index is 1.82. The molecule has 1 aliphatic rings. The maximum absolute atomic E-state index is 11.4. The number of carbonyl (C=O) groups is 1. The number of carbonyl (C=O) groups excluding carboxylic acids is 1. The topological polar surface area (TPSA) is 64.9 Å². The molecule has 4 nitrogen and oxygen atoms in total. The number of fused-ring (bicyclic) bond motifs is 1. The van der Waals surface area contributed by atoms with Crippen molar-refractivity contribution < 1.29 is 4.79 Å². The minimum absolute atomic E-state index is 0.0203. The van der Waals surface area contributed by atoms with E-state index in [-0.39, 0.29) is 5.91 Å². The molecule has 1 heterocycles. The first kappa shape index (κ1) is 13.5. The van der Waals surface area contributed by atoms with E-state index in [2.05, 4.69) is 16.7 Å². The van der Waals surface area contributed by atoms with E-state index in [4.69, 9.17) is 16.9 Å². The van der Waals surface area contributed by atoms with E-state index < -0.39 is 0 Å². The predicted molar refractivity (Wildman–Crippen MR) is 82.3 cm³/mol. The first-order valence-electron chi connectivity index (χ1n) is 6.51. The number of nitrogens with zero attached hydrogens (tertiary/aromatic N) is 1. The van der Waals surface area contributed by atoms with Crippen molar-refractivity contribution in [2.75, 3.05) is 10.6 Å². The van der Waals surface area contributed by atoms with Crippen molar-refractivity contribution in [3.05, 3.63) is 58.1 Å². The lowest BCUT2D eigenvalue weighted by Crippen LogP contribution is -2.03. The fraction of sp³-hybridized carbons (Fsp3) is 0.125. The average Bonchev–Trinajstić information content (AvgIpc) is 2.84. The SMILES string of the molecule is N#Cc1ccccc1CNc1cc2c(cc1Cl)NC(=O)C2. The maximum atomic E-state index is 11.4. The quantitative estimate of drug-likeness (QED) is 0.913. The van der Waals surface area contributed by atoms with E-state index >= 15 is 0 Å². The van der Waals surface area contributed by atoms with Crippen molar-refractivity contribution in [1.29, 1.82) is 5.26 Å². The molecule has 0 unspecified atom stereocenters. The molecule has 104 valence electrons. The van der Waals surface area contributed by atoms with E-state index in [0.717, 1.165) is 22.5 Å². The van der Waals surface area contributed by atoms with Crippen LogP contribution in [0.4, 0.5) is 11.4 Å². The standard InChI is InChI=1S/C16H12ClN3O/c17-13-7-14-12(6-16(21)20-14)5-15(13)19-9-11-4-2-1-3-10(11)8-18/h1-5,7,19H,6,9H2,(H,20,21). The molecule has 0 saturated carbocycles. The molecular formula is C16H12ClN3O. The van der Waals surface area contributed by atoms with Crippen LogP contribution in [0.25, 0.3) is 0 Å². The Hall–Kier alpha value is -2.51. The molecule has 1 aliphatic heterocycles. The predicted octanol–water partition coefficient (Wildman–Crippen LogP) is 3.32. The number of amides is 1. The molecule has 0 aromatic heterocycles. The second-order valence-electron chi connectivity index (χ2n) is 4.84. The normalized spacial score (nSPS) is 12.5. The molecule has 2 N–H and O–H groups in total. The number of hydrogen-bond acceptors (Lipinski definition) is 3. The Kier molecular flexibility index (Phi) is 3.51. The summed E-state index contributed by atoms with van der Waals surface area (Å²) in [6, 6.07) is 13.2. The van der Waals surface area contributed by atoms with Gasteiger partial charge in [-0.25, -0.2) is 0 Å². The molecule has 0 aliphatic carbocycles. The van der Waals surface area contributed by atoms with Crippen LogP contribution in [0, 0.1) is 11.3 Å². The summed E-state index contributed by atoms with van der Waals surface area (Å²) in [7, 11) is 0. The van der Waals surface area contributed by atoms with Gasteiger partial charge in [0, 0.05) is 12.2 Å². The largest absolute Gasteiger partial charge is 0.380 e. The van der Waals surface area contributed by atoms with Gasteiger partial charge in [-0.2, -0.15) is 5.26 Å². The van der Waals surface area contributed by atoms with Crippen LogP contribution >= 0.6 is 11.6 Å². The van der Waals surface area contributed by atoms with Gasteiger partial charge in [-0.1, -0.05) is 29.8 Å². The molecule has 0 radical (unpaired) electrons. The Morgan fingerprint density at radius 1 is 1.33 bits per heavy atom. The molecule has 1 amide bonds. The van der Waals surface area contributed by atoms with Gasteiger partial charge in [0.2, 0.25) is 5.91 Å². The summed E-state index contributed by atoms with van der Waals surface area (Å²) in [4.78, 5) is 11.4. The lowest BCUT2D eigenvalue weighted by molar-refractivity contribution is -0.115. The van der Waals surface area contributed by atoms with E-state index in [9.17, 15) is 4.79 Å². The highest BCUT2D eigenvalue weighted by molar-refractivity contribution is 6.33. The average molecular weight is 298 g/mol. The summed E-state index contributed by atoms with van der Waals surface area (Å²) in [6.07, 6.45) is 0.371.